The minimum Gasteiger partial charge on any atom is -0.409 e. The Morgan fingerprint density at radius 1 is 1.30 bits per heavy atom. The molecule has 1 aromatic rings. The molecule has 5 nitrogen and oxygen atoms in total. The average Bonchev–Trinajstić information content (AvgIpc) is 2.42. The number of benzene rings is 1. The van der Waals surface area contributed by atoms with Crippen LogP contribution in [0.15, 0.2) is 27.8 Å². The second-order valence-electron chi connectivity index (χ2n) is 4.91. The van der Waals surface area contributed by atoms with Gasteiger partial charge in [0.1, 0.15) is 0 Å². The van der Waals surface area contributed by atoms with Gasteiger partial charge in [-0.25, -0.2) is 0 Å². The standard InChI is InChI=1S/C14H23BrN4O/c1-4-8-19(10-9-18(2)3)12-7-5-6-11(15)13(12)14(16)17-20/h5-7,20H,4,8-10H2,1-3H3,(H2,16,17). The fourth-order valence-corrected chi connectivity index (χ4v) is 2.58. The largest absolute Gasteiger partial charge is 0.409 e. The van der Waals surface area contributed by atoms with Crippen LogP contribution in [0, 0.1) is 0 Å². The molecule has 0 saturated heterocycles. The third-order valence-electron chi connectivity index (χ3n) is 3.01. The molecule has 0 unspecified atom stereocenters. The molecule has 1 aromatic carbocycles. The molecule has 20 heavy (non-hydrogen) atoms. The molecule has 0 saturated carbocycles. The predicted octanol–water partition coefficient (Wildman–Crippen LogP) is 2.32. The van der Waals surface area contributed by atoms with Gasteiger partial charge in [0.15, 0.2) is 5.84 Å². The van der Waals surface area contributed by atoms with Crippen LogP contribution in [0.25, 0.3) is 0 Å². The van der Waals surface area contributed by atoms with E-state index >= 15 is 0 Å². The van der Waals surface area contributed by atoms with Gasteiger partial charge >= 0.3 is 0 Å². The van der Waals surface area contributed by atoms with Gasteiger partial charge in [0.25, 0.3) is 0 Å². The molecule has 1 rings (SSSR count). The summed E-state index contributed by atoms with van der Waals surface area (Å²) in [6, 6.07) is 5.86. The predicted molar refractivity (Wildman–Crippen MR) is 87.7 cm³/mol. The molecule has 0 heterocycles. The topological polar surface area (TPSA) is 65.1 Å². The first kappa shape index (κ1) is 16.8. The second kappa shape index (κ2) is 8.11. The van der Waals surface area contributed by atoms with E-state index in [-0.39, 0.29) is 5.84 Å². The summed E-state index contributed by atoms with van der Waals surface area (Å²) in [5, 5.41) is 12.1. The van der Waals surface area contributed by atoms with Crippen molar-refractivity contribution in [2.45, 2.75) is 13.3 Å². The number of oxime groups is 1. The summed E-state index contributed by atoms with van der Waals surface area (Å²) in [4.78, 5) is 4.40. The molecular weight excluding hydrogens is 320 g/mol. The highest BCUT2D eigenvalue weighted by Crippen LogP contribution is 2.28. The highest BCUT2D eigenvalue weighted by molar-refractivity contribution is 9.10. The lowest BCUT2D eigenvalue weighted by Crippen LogP contribution is -2.34. The van der Waals surface area contributed by atoms with Crippen molar-refractivity contribution in [3.63, 3.8) is 0 Å². The molecule has 0 bridgehead atoms. The summed E-state index contributed by atoms with van der Waals surface area (Å²) in [6.45, 7) is 4.91. The van der Waals surface area contributed by atoms with E-state index in [1.165, 1.54) is 0 Å². The lowest BCUT2D eigenvalue weighted by molar-refractivity contribution is 0.318. The van der Waals surface area contributed by atoms with Crippen LogP contribution in [-0.2, 0) is 0 Å². The van der Waals surface area contributed by atoms with E-state index in [2.05, 4.69) is 51.9 Å². The molecule has 0 amide bonds. The van der Waals surface area contributed by atoms with Crippen LogP contribution < -0.4 is 10.6 Å². The van der Waals surface area contributed by atoms with Crippen molar-refractivity contribution in [1.82, 2.24) is 4.90 Å². The number of amidine groups is 1. The Hall–Kier alpha value is -1.27. The molecule has 0 aliphatic carbocycles. The maximum Gasteiger partial charge on any atom is 0.173 e. The Balaban J connectivity index is 3.15. The van der Waals surface area contributed by atoms with Crippen molar-refractivity contribution in [2.24, 2.45) is 10.9 Å². The highest BCUT2D eigenvalue weighted by atomic mass is 79.9. The van der Waals surface area contributed by atoms with Gasteiger partial charge in [-0.2, -0.15) is 0 Å². The minimum absolute atomic E-state index is 0.124. The fourth-order valence-electron chi connectivity index (χ4n) is 2.02. The van der Waals surface area contributed by atoms with E-state index in [0.717, 1.165) is 41.8 Å². The van der Waals surface area contributed by atoms with Gasteiger partial charge in [-0.1, -0.05) is 18.1 Å². The molecule has 0 aliphatic rings. The van der Waals surface area contributed by atoms with Crippen molar-refractivity contribution < 1.29 is 5.21 Å². The zero-order chi connectivity index (χ0) is 15.1. The van der Waals surface area contributed by atoms with E-state index in [0.29, 0.717) is 0 Å². The minimum atomic E-state index is 0.124. The molecule has 0 atom stereocenters. The first-order chi connectivity index (χ1) is 9.51. The summed E-state index contributed by atoms with van der Waals surface area (Å²) in [6.07, 6.45) is 1.04. The van der Waals surface area contributed by atoms with E-state index in [1.54, 1.807) is 0 Å². The Labute approximate surface area is 129 Å². The van der Waals surface area contributed by atoms with Crippen molar-refractivity contribution >= 4 is 27.5 Å². The second-order valence-corrected chi connectivity index (χ2v) is 5.76. The first-order valence-electron chi connectivity index (χ1n) is 6.67. The van der Waals surface area contributed by atoms with Crippen molar-refractivity contribution in [1.29, 1.82) is 0 Å². The molecule has 0 radical (unpaired) electrons. The Morgan fingerprint density at radius 3 is 2.55 bits per heavy atom. The lowest BCUT2D eigenvalue weighted by atomic mass is 10.1. The SMILES string of the molecule is CCCN(CCN(C)C)c1cccc(Br)c1/C(N)=N/O. The Morgan fingerprint density at radius 2 is 2.00 bits per heavy atom. The number of nitrogens with zero attached hydrogens (tertiary/aromatic N) is 3. The number of rotatable bonds is 7. The third-order valence-corrected chi connectivity index (χ3v) is 3.67. The fraction of sp³-hybridized carbons (Fsp3) is 0.500. The van der Waals surface area contributed by atoms with Gasteiger partial charge < -0.3 is 20.7 Å². The molecular formula is C14H23BrN4O. The summed E-state index contributed by atoms with van der Waals surface area (Å²) >= 11 is 3.48. The quantitative estimate of drug-likeness (QED) is 0.345. The van der Waals surface area contributed by atoms with Crippen LogP contribution in [0.5, 0.6) is 0 Å². The van der Waals surface area contributed by atoms with Gasteiger partial charge in [-0.05, 0) is 48.6 Å². The van der Waals surface area contributed by atoms with Crippen LogP contribution >= 0.6 is 15.9 Å². The molecule has 0 aliphatic heterocycles. The smallest absolute Gasteiger partial charge is 0.173 e. The summed E-state index contributed by atoms with van der Waals surface area (Å²) in [5.74, 6) is 0.124. The number of likely N-dealkylation sites (N-methyl/N-ethyl adjacent to an activating group) is 1. The molecule has 0 aromatic heterocycles. The highest BCUT2D eigenvalue weighted by Gasteiger charge is 2.16. The Kier molecular flexibility index (Phi) is 6.81. The summed E-state index contributed by atoms with van der Waals surface area (Å²) < 4.78 is 0.830. The van der Waals surface area contributed by atoms with Crippen LogP contribution in [-0.4, -0.2) is 49.7 Å². The summed E-state index contributed by atoms with van der Waals surface area (Å²) in [7, 11) is 4.10. The maximum atomic E-state index is 8.98. The van der Waals surface area contributed by atoms with Crippen LogP contribution in [0.1, 0.15) is 18.9 Å². The molecule has 6 heteroatoms. The van der Waals surface area contributed by atoms with E-state index in [4.69, 9.17) is 10.9 Å². The zero-order valence-electron chi connectivity index (χ0n) is 12.3. The van der Waals surface area contributed by atoms with Gasteiger partial charge in [0.2, 0.25) is 0 Å². The molecule has 0 spiro atoms. The number of hydrogen-bond acceptors (Lipinski definition) is 4. The van der Waals surface area contributed by atoms with Gasteiger partial charge in [0.05, 0.1) is 5.56 Å². The van der Waals surface area contributed by atoms with E-state index < -0.39 is 0 Å². The van der Waals surface area contributed by atoms with E-state index in [9.17, 15) is 0 Å². The number of hydrogen-bond donors (Lipinski definition) is 2. The Bertz CT molecular complexity index is 462. The van der Waals surface area contributed by atoms with Gasteiger partial charge in [-0.15, -0.1) is 0 Å². The normalized spacial score (nSPS) is 11.9. The van der Waals surface area contributed by atoms with E-state index in [1.807, 2.05) is 18.2 Å². The average molecular weight is 343 g/mol. The molecule has 0 fully saturated rings. The number of anilines is 1. The number of halogens is 1. The van der Waals surface area contributed by atoms with Crippen molar-refractivity contribution in [3.05, 3.63) is 28.2 Å². The van der Waals surface area contributed by atoms with Gasteiger partial charge in [-0.3, -0.25) is 0 Å². The van der Waals surface area contributed by atoms with Crippen LogP contribution in [0.4, 0.5) is 5.69 Å². The van der Waals surface area contributed by atoms with Crippen molar-refractivity contribution in [2.75, 3.05) is 38.6 Å². The molecule has 3 N–H and O–H groups in total. The molecule has 112 valence electrons. The van der Waals surface area contributed by atoms with Crippen LogP contribution in [0.2, 0.25) is 0 Å². The lowest BCUT2D eigenvalue weighted by Gasteiger charge is -2.28. The van der Waals surface area contributed by atoms with Crippen LogP contribution in [0.3, 0.4) is 0 Å². The zero-order valence-corrected chi connectivity index (χ0v) is 13.9. The maximum absolute atomic E-state index is 8.98. The first-order valence-corrected chi connectivity index (χ1v) is 7.46. The monoisotopic (exact) mass is 342 g/mol. The summed E-state index contributed by atoms with van der Waals surface area (Å²) in [5.41, 5.74) is 7.54. The van der Waals surface area contributed by atoms with Crippen molar-refractivity contribution in [3.8, 4) is 0 Å². The third kappa shape index (κ3) is 4.38. The van der Waals surface area contributed by atoms with Gasteiger partial charge in [0, 0.05) is 29.8 Å². The number of nitrogens with two attached hydrogens (primary N) is 1.